The maximum Gasteiger partial charge on any atom is 0.255 e. The molecular weight excluding hydrogens is 242 g/mol. The van der Waals surface area contributed by atoms with Crippen molar-refractivity contribution in [1.29, 1.82) is 0 Å². The van der Waals surface area contributed by atoms with E-state index < -0.39 is 0 Å². The van der Waals surface area contributed by atoms with Gasteiger partial charge in [0, 0.05) is 32.4 Å². The molecule has 19 heavy (non-hydrogen) atoms. The Morgan fingerprint density at radius 2 is 2.26 bits per heavy atom. The van der Waals surface area contributed by atoms with E-state index in [0.717, 1.165) is 25.3 Å². The smallest absolute Gasteiger partial charge is 0.255 e. The first-order valence-electron chi connectivity index (χ1n) is 6.42. The van der Waals surface area contributed by atoms with Crippen LogP contribution in [-0.4, -0.2) is 32.4 Å². The van der Waals surface area contributed by atoms with E-state index in [2.05, 4.69) is 21.2 Å². The molecule has 3 rings (SSSR count). The minimum absolute atomic E-state index is 0.0246. The molecule has 100 valence electrons. The van der Waals surface area contributed by atoms with Crippen LogP contribution in [0.5, 0.6) is 0 Å². The quantitative estimate of drug-likeness (QED) is 0.798. The largest absolute Gasteiger partial charge is 0.354 e. The third-order valence-electron chi connectivity index (χ3n) is 3.56. The first kappa shape index (κ1) is 12.0. The lowest BCUT2D eigenvalue weighted by molar-refractivity contribution is 0.494. The molecule has 1 aliphatic rings. The second-order valence-corrected chi connectivity index (χ2v) is 5.08. The number of aromatic nitrogens is 4. The van der Waals surface area contributed by atoms with Crippen molar-refractivity contribution < 1.29 is 0 Å². The number of rotatable bonds is 2. The minimum atomic E-state index is -0.0246. The maximum absolute atomic E-state index is 11.6. The summed E-state index contributed by atoms with van der Waals surface area (Å²) in [6.45, 7) is 3.80. The molecule has 1 aliphatic heterocycles. The second-order valence-electron chi connectivity index (χ2n) is 5.08. The molecule has 0 bridgehead atoms. The molecule has 0 saturated carbocycles. The summed E-state index contributed by atoms with van der Waals surface area (Å²) in [6, 6.07) is 1.95. The van der Waals surface area contributed by atoms with Gasteiger partial charge in [0.15, 0.2) is 0 Å². The lowest BCUT2D eigenvalue weighted by Crippen LogP contribution is -2.25. The van der Waals surface area contributed by atoms with E-state index in [1.165, 1.54) is 10.1 Å². The van der Waals surface area contributed by atoms with Gasteiger partial charge in [-0.2, -0.15) is 5.10 Å². The van der Waals surface area contributed by atoms with Gasteiger partial charge in [-0.05, 0) is 18.9 Å². The van der Waals surface area contributed by atoms with Gasteiger partial charge in [0.05, 0.1) is 18.6 Å². The van der Waals surface area contributed by atoms with Crippen LogP contribution in [0.1, 0.15) is 18.0 Å². The number of aryl methyl sites for hydroxylation is 2. The van der Waals surface area contributed by atoms with Gasteiger partial charge >= 0.3 is 0 Å². The number of anilines is 1. The van der Waals surface area contributed by atoms with Crippen LogP contribution >= 0.6 is 0 Å². The van der Waals surface area contributed by atoms with E-state index in [1.54, 1.807) is 19.4 Å². The van der Waals surface area contributed by atoms with E-state index in [1.807, 2.05) is 17.8 Å². The summed E-state index contributed by atoms with van der Waals surface area (Å²) in [7, 11) is 1.71. The number of hydrogen-bond acceptors (Lipinski definition) is 4. The number of hydrogen-bond donors (Lipinski definition) is 0. The van der Waals surface area contributed by atoms with E-state index >= 15 is 0 Å². The van der Waals surface area contributed by atoms with E-state index in [9.17, 15) is 4.79 Å². The van der Waals surface area contributed by atoms with Gasteiger partial charge in [-0.3, -0.25) is 9.48 Å². The topological polar surface area (TPSA) is 56.0 Å². The van der Waals surface area contributed by atoms with Crippen molar-refractivity contribution in [1.82, 2.24) is 19.3 Å². The van der Waals surface area contributed by atoms with E-state index in [4.69, 9.17) is 0 Å². The van der Waals surface area contributed by atoms with E-state index in [0.29, 0.717) is 6.04 Å². The Bertz CT molecular complexity index is 644. The first-order valence-corrected chi connectivity index (χ1v) is 6.42. The van der Waals surface area contributed by atoms with Crippen molar-refractivity contribution >= 4 is 5.82 Å². The van der Waals surface area contributed by atoms with Crippen LogP contribution in [0.2, 0.25) is 0 Å². The standard InChI is InChI=1S/C13H17N5O/c1-10-6-15-18(7-10)11-3-4-17(8-11)12-5-13(19)16(2)9-14-12/h5-7,9,11H,3-4,8H2,1-2H3. The summed E-state index contributed by atoms with van der Waals surface area (Å²) >= 11 is 0. The Balaban J connectivity index is 1.78. The van der Waals surface area contributed by atoms with Crippen molar-refractivity contribution in [2.24, 2.45) is 7.05 Å². The molecule has 1 atom stereocenters. The Labute approximate surface area is 111 Å². The highest BCUT2D eigenvalue weighted by atomic mass is 16.1. The molecule has 0 aliphatic carbocycles. The molecule has 6 heteroatoms. The Morgan fingerprint density at radius 3 is 2.95 bits per heavy atom. The fraction of sp³-hybridized carbons (Fsp3) is 0.462. The van der Waals surface area contributed by atoms with Crippen LogP contribution in [-0.2, 0) is 7.05 Å². The van der Waals surface area contributed by atoms with Gasteiger partial charge in [-0.25, -0.2) is 4.98 Å². The van der Waals surface area contributed by atoms with Crippen LogP contribution in [0, 0.1) is 6.92 Å². The highest BCUT2D eigenvalue weighted by molar-refractivity contribution is 5.38. The molecule has 2 aromatic rings. The Kier molecular flexibility index (Phi) is 2.85. The van der Waals surface area contributed by atoms with Gasteiger partial charge in [0.2, 0.25) is 0 Å². The van der Waals surface area contributed by atoms with Crippen molar-refractivity contribution in [3.63, 3.8) is 0 Å². The summed E-state index contributed by atoms with van der Waals surface area (Å²) in [6.07, 6.45) is 6.53. The molecule has 0 spiro atoms. The Hall–Kier alpha value is -2.11. The summed E-state index contributed by atoms with van der Waals surface area (Å²) in [5, 5.41) is 4.36. The van der Waals surface area contributed by atoms with Crippen LogP contribution < -0.4 is 10.5 Å². The fourth-order valence-corrected chi connectivity index (χ4v) is 2.42. The zero-order valence-corrected chi connectivity index (χ0v) is 11.2. The predicted octanol–water partition coefficient (Wildman–Crippen LogP) is 0.737. The van der Waals surface area contributed by atoms with Gasteiger partial charge in [-0.15, -0.1) is 0 Å². The molecule has 0 aromatic carbocycles. The van der Waals surface area contributed by atoms with Gasteiger partial charge in [-0.1, -0.05) is 0 Å². The van der Waals surface area contributed by atoms with Crippen molar-refractivity contribution in [2.45, 2.75) is 19.4 Å². The summed E-state index contributed by atoms with van der Waals surface area (Å²) < 4.78 is 3.49. The van der Waals surface area contributed by atoms with Gasteiger partial charge in [0.25, 0.3) is 5.56 Å². The summed E-state index contributed by atoms with van der Waals surface area (Å²) in [4.78, 5) is 18.1. The molecule has 3 heterocycles. The molecule has 0 amide bonds. The predicted molar refractivity (Wildman–Crippen MR) is 72.3 cm³/mol. The van der Waals surface area contributed by atoms with E-state index in [-0.39, 0.29) is 5.56 Å². The third-order valence-corrected chi connectivity index (χ3v) is 3.56. The summed E-state index contributed by atoms with van der Waals surface area (Å²) in [5.74, 6) is 0.759. The van der Waals surface area contributed by atoms with Crippen LogP contribution in [0.3, 0.4) is 0 Å². The Morgan fingerprint density at radius 1 is 1.42 bits per heavy atom. The van der Waals surface area contributed by atoms with Crippen molar-refractivity contribution in [3.8, 4) is 0 Å². The normalized spacial score (nSPS) is 19.1. The molecule has 1 fully saturated rings. The van der Waals surface area contributed by atoms with Crippen LogP contribution in [0.15, 0.2) is 29.6 Å². The molecule has 6 nitrogen and oxygen atoms in total. The van der Waals surface area contributed by atoms with Crippen LogP contribution in [0.4, 0.5) is 5.82 Å². The maximum atomic E-state index is 11.6. The highest BCUT2D eigenvalue weighted by Gasteiger charge is 2.25. The van der Waals surface area contributed by atoms with Crippen molar-refractivity contribution in [3.05, 3.63) is 40.7 Å². The lowest BCUT2D eigenvalue weighted by atomic mass is 10.3. The first-order chi connectivity index (χ1) is 9.13. The molecular formula is C13H17N5O. The second kappa shape index (κ2) is 4.53. The van der Waals surface area contributed by atoms with Gasteiger partial charge < -0.3 is 9.47 Å². The van der Waals surface area contributed by atoms with Crippen molar-refractivity contribution in [2.75, 3.05) is 18.0 Å². The van der Waals surface area contributed by atoms with Crippen LogP contribution in [0.25, 0.3) is 0 Å². The average molecular weight is 259 g/mol. The number of nitrogens with zero attached hydrogens (tertiary/aromatic N) is 5. The zero-order chi connectivity index (χ0) is 13.4. The molecule has 1 unspecified atom stereocenters. The monoisotopic (exact) mass is 259 g/mol. The highest BCUT2D eigenvalue weighted by Crippen LogP contribution is 2.24. The minimum Gasteiger partial charge on any atom is -0.354 e. The molecule has 2 aromatic heterocycles. The molecule has 0 radical (unpaired) electrons. The SMILES string of the molecule is Cc1cnn(C2CCN(c3cc(=O)n(C)cn3)C2)c1. The lowest BCUT2D eigenvalue weighted by Gasteiger charge is -2.17. The zero-order valence-electron chi connectivity index (χ0n) is 11.2. The third kappa shape index (κ3) is 2.25. The average Bonchev–Trinajstić information content (AvgIpc) is 3.01. The van der Waals surface area contributed by atoms with Gasteiger partial charge in [0.1, 0.15) is 5.82 Å². The fourth-order valence-electron chi connectivity index (χ4n) is 2.42. The molecule has 0 N–H and O–H groups in total. The molecule has 1 saturated heterocycles. The summed E-state index contributed by atoms with van der Waals surface area (Å²) in [5.41, 5.74) is 1.15.